The van der Waals surface area contributed by atoms with E-state index in [1.165, 1.54) is 4.80 Å². The maximum Gasteiger partial charge on any atom is 0.408 e. The zero-order valence-corrected chi connectivity index (χ0v) is 31.1. The molecular weight excluding hydrogens is 678 g/mol. The van der Waals surface area contributed by atoms with Crippen molar-refractivity contribution in [2.45, 2.75) is 109 Å². The number of benzene rings is 1. The molecule has 3 fully saturated rings. The van der Waals surface area contributed by atoms with Crippen molar-refractivity contribution < 1.29 is 37.1 Å². The molecule has 3 saturated carbocycles. The van der Waals surface area contributed by atoms with Crippen LogP contribution in [0.3, 0.4) is 0 Å². The van der Waals surface area contributed by atoms with Gasteiger partial charge in [-0.2, -0.15) is 4.80 Å². The number of carbonyl (C=O) groups is 4. The molecule has 0 radical (unpaired) electrons. The molecule has 1 heterocycles. The van der Waals surface area contributed by atoms with Crippen molar-refractivity contribution in [2.24, 2.45) is 23.2 Å². The topological polar surface area (TPSA) is 201 Å². The summed E-state index contributed by atoms with van der Waals surface area (Å²) in [6.07, 6.45) is 2.62. The van der Waals surface area contributed by atoms with E-state index in [0.29, 0.717) is 36.4 Å². The third-order valence-corrected chi connectivity index (χ3v) is 11.5. The first kappa shape index (κ1) is 37.9. The van der Waals surface area contributed by atoms with Crippen molar-refractivity contribution in [3.8, 4) is 17.1 Å². The van der Waals surface area contributed by atoms with Gasteiger partial charge in [-0.05, 0) is 100 Å². The summed E-state index contributed by atoms with van der Waals surface area (Å²) in [6.45, 7) is 14.3. The van der Waals surface area contributed by atoms with Gasteiger partial charge in [-0.3, -0.25) is 19.1 Å². The highest BCUT2D eigenvalue weighted by atomic mass is 32.2. The summed E-state index contributed by atoms with van der Waals surface area (Å²) in [7, 11) is -2.32. The molecule has 1 aromatic heterocycles. The molecule has 15 nitrogen and oxygen atoms in total. The predicted octanol–water partition coefficient (Wildman–Crippen LogP) is 3.48. The summed E-state index contributed by atoms with van der Waals surface area (Å²) in [6, 6.07) is 5.53. The van der Waals surface area contributed by atoms with E-state index in [9.17, 15) is 27.6 Å². The third-order valence-electron chi connectivity index (χ3n) is 9.66. The molecule has 3 N–H and O–H groups in total. The first-order valence-electron chi connectivity index (χ1n) is 17.2. The maximum absolute atomic E-state index is 14.5. The Hall–Kier alpha value is -4.34. The van der Waals surface area contributed by atoms with Gasteiger partial charge in [0.2, 0.25) is 21.8 Å². The lowest BCUT2D eigenvalue weighted by Gasteiger charge is -2.34. The van der Waals surface area contributed by atoms with Crippen molar-refractivity contribution in [1.82, 2.24) is 35.6 Å². The van der Waals surface area contributed by atoms with Crippen LogP contribution in [0, 0.1) is 23.2 Å². The molecular formula is C35H49N7O8S. The number of rotatable bonds is 13. The van der Waals surface area contributed by atoms with Gasteiger partial charge in [0.15, 0.2) is 5.78 Å². The Morgan fingerprint density at radius 1 is 1.06 bits per heavy atom. The number of amides is 3. The molecule has 2 aromatic rings. The smallest absolute Gasteiger partial charge is 0.408 e. The first-order valence-corrected chi connectivity index (χ1v) is 18.8. The molecule has 3 aliphatic carbocycles. The number of aromatic nitrogens is 4. The number of ether oxygens (including phenoxy) is 2. The SMILES string of the molecule is C=CC[C@@H]1C[C@@]1(NC(=O)[C@@H]1C[C@@H](n2nnc(-c3ccc(OC)cc3)n2)CC1C(=O)C(NC(=O)OC(C)(C)C)C(C)(C)C)C(=O)NS(=O)(=O)C1CC1. The second-order valence-electron chi connectivity index (χ2n) is 15.9. The quantitative estimate of drug-likeness (QED) is 0.255. The van der Waals surface area contributed by atoms with Crippen molar-refractivity contribution in [3.63, 3.8) is 0 Å². The number of alkyl carbamates (subject to hydrolysis) is 1. The number of sulfonamides is 1. The molecule has 0 saturated heterocycles. The molecule has 0 spiro atoms. The summed E-state index contributed by atoms with van der Waals surface area (Å²) in [5.74, 6) is -3.05. The molecule has 0 aliphatic heterocycles. The van der Waals surface area contributed by atoms with E-state index < -0.39 is 73.7 Å². The van der Waals surface area contributed by atoms with Crippen molar-refractivity contribution >= 4 is 33.7 Å². The zero-order chi connectivity index (χ0) is 37.5. The Balaban J connectivity index is 1.44. The van der Waals surface area contributed by atoms with Crippen LogP contribution in [0.4, 0.5) is 4.79 Å². The van der Waals surface area contributed by atoms with Crippen molar-refractivity contribution in [3.05, 3.63) is 36.9 Å². The van der Waals surface area contributed by atoms with Gasteiger partial charge < -0.3 is 20.1 Å². The fourth-order valence-corrected chi connectivity index (χ4v) is 8.05. The van der Waals surface area contributed by atoms with E-state index in [1.807, 2.05) is 0 Å². The Morgan fingerprint density at radius 3 is 2.27 bits per heavy atom. The van der Waals surface area contributed by atoms with Gasteiger partial charge in [0.1, 0.15) is 16.9 Å². The van der Waals surface area contributed by atoms with E-state index in [4.69, 9.17) is 9.47 Å². The average molecular weight is 728 g/mol. The summed E-state index contributed by atoms with van der Waals surface area (Å²) in [5, 5.41) is 18.0. The molecule has 3 aliphatic rings. The van der Waals surface area contributed by atoms with Crippen LogP contribution in [-0.4, -0.2) is 81.9 Å². The van der Waals surface area contributed by atoms with Gasteiger partial charge >= 0.3 is 6.09 Å². The van der Waals surface area contributed by atoms with E-state index in [-0.39, 0.29) is 31.0 Å². The Bertz CT molecular complexity index is 1780. The normalized spacial score (nSPS) is 25.3. The van der Waals surface area contributed by atoms with Gasteiger partial charge in [-0.25, -0.2) is 13.2 Å². The molecule has 2 unspecified atom stereocenters. The Morgan fingerprint density at radius 2 is 1.71 bits per heavy atom. The van der Waals surface area contributed by atoms with Crippen LogP contribution in [0.15, 0.2) is 36.9 Å². The number of nitrogens with one attached hydrogen (secondary N) is 3. The van der Waals surface area contributed by atoms with Gasteiger partial charge in [-0.1, -0.05) is 26.8 Å². The number of methoxy groups -OCH3 is 1. The fourth-order valence-electron chi connectivity index (χ4n) is 6.69. The fraction of sp³-hybridized carbons (Fsp3) is 0.629. The predicted molar refractivity (Wildman–Crippen MR) is 187 cm³/mol. The van der Waals surface area contributed by atoms with Crippen LogP contribution in [0.2, 0.25) is 0 Å². The molecule has 6 atom stereocenters. The summed E-state index contributed by atoms with van der Waals surface area (Å²) in [4.78, 5) is 56.7. The van der Waals surface area contributed by atoms with E-state index in [1.54, 1.807) is 79.0 Å². The van der Waals surface area contributed by atoms with E-state index in [2.05, 4.69) is 37.3 Å². The number of hydrogen-bond donors (Lipinski definition) is 3. The van der Waals surface area contributed by atoms with E-state index >= 15 is 0 Å². The second kappa shape index (κ2) is 14.0. The highest BCUT2D eigenvalue weighted by Gasteiger charge is 2.62. The minimum Gasteiger partial charge on any atom is -0.497 e. The number of carbonyl (C=O) groups excluding carboxylic acids is 4. The Labute approximate surface area is 298 Å². The minimum absolute atomic E-state index is 0.119. The standard InChI is InChI=1S/C35H49N7O8S/c1-9-10-21-19-35(21,31(45)40-51(47,48)24-15-16-24)37-30(44)26-18-22(42-39-29(38-41-42)20-11-13-23(49-8)14-12-20)17-25(26)27(43)28(33(2,3)4)36-32(46)50-34(5,6)7/h9,11-14,21-22,24-26,28H,1,10,15-19H2,2-8H3,(H,36,46)(H,37,44)(H,40,45)/t21-,22+,25?,26-,28?,35+/m1/s1. The number of Topliss-reactive ketones (excluding diaryl/α,β-unsaturated/α-hetero) is 1. The molecule has 16 heteroatoms. The number of nitrogens with zero attached hydrogens (tertiary/aromatic N) is 4. The minimum atomic E-state index is -3.89. The lowest BCUT2D eigenvalue weighted by atomic mass is 9.77. The lowest BCUT2D eigenvalue weighted by molar-refractivity contribution is -0.137. The van der Waals surface area contributed by atoms with Crippen LogP contribution in [0.5, 0.6) is 5.75 Å². The molecule has 51 heavy (non-hydrogen) atoms. The van der Waals surface area contributed by atoms with Gasteiger partial charge in [0, 0.05) is 17.4 Å². The molecule has 1 aromatic carbocycles. The number of tetrazole rings is 1. The average Bonchev–Trinajstić information content (AvgIpc) is 3.90. The maximum atomic E-state index is 14.5. The van der Waals surface area contributed by atoms with Crippen LogP contribution in [-0.2, 0) is 29.1 Å². The van der Waals surface area contributed by atoms with Gasteiger partial charge in [-0.15, -0.1) is 16.8 Å². The number of allylic oxidation sites excluding steroid dienone is 1. The summed E-state index contributed by atoms with van der Waals surface area (Å²) >= 11 is 0. The monoisotopic (exact) mass is 727 g/mol. The summed E-state index contributed by atoms with van der Waals surface area (Å²) < 4.78 is 38.3. The van der Waals surface area contributed by atoms with Crippen LogP contribution >= 0.6 is 0 Å². The molecule has 0 bridgehead atoms. The number of hydrogen-bond acceptors (Lipinski definition) is 11. The Kier molecular flexibility index (Phi) is 10.4. The zero-order valence-electron chi connectivity index (χ0n) is 30.3. The van der Waals surface area contributed by atoms with Gasteiger partial charge in [0.05, 0.1) is 24.4 Å². The first-order chi connectivity index (χ1) is 23.8. The second-order valence-corrected chi connectivity index (χ2v) is 17.9. The van der Waals surface area contributed by atoms with E-state index in [0.717, 1.165) is 0 Å². The largest absolute Gasteiger partial charge is 0.497 e. The lowest BCUT2D eigenvalue weighted by Crippen LogP contribution is -2.56. The molecule has 3 amide bonds. The third kappa shape index (κ3) is 8.59. The number of ketones is 1. The van der Waals surface area contributed by atoms with Crippen molar-refractivity contribution in [2.75, 3.05) is 7.11 Å². The van der Waals surface area contributed by atoms with Crippen molar-refractivity contribution in [1.29, 1.82) is 0 Å². The van der Waals surface area contributed by atoms with Crippen LogP contribution in [0.25, 0.3) is 11.4 Å². The highest BCUT2D eigenvalue weighted by molar-refractivity contribution is 7.91. The summed E-state index contributed by atoms with van der Waals surface area (Å²) in [5.41, 5.74) is -2.38. The van der Waals surface area contributed by atoms with Gasteiger partial charge in [0.25, 0.3) is 5.91 Å². The molecule has 5 rings (SSSR count). The highest BCUT2D eigenvalue weighted by Crippen LogP contribution is 2.49. The molecule has 278 valence electrons. The van der Waals surface area contributed by atoms with Crippen LogP contribution < -0.4 is 20.1 Å². The van der Waals surface area contributed by atoms with Crippen LogP contribution in [0.1, 0.15) is 86.1 Å².